The minimum atomic E-state index is -3.61. The maximum atomic E-state index is 13.8. The van der Waals surface area contributed by atoms with Gasteiger partial charge in [-0.05, 0) is 38.0 Å². The molecule has 16 nitrogen and oxygen atoms in total. The van der Waals surface area contributed by atoms with E-state index in [2.05, 4.69) is 35.8 Å². The fraction of sp³-hybridized carbons (Fsp3) is 0.371. The summed E-state index contributed by atoms with van der Waals surface area (Å²) in [6.45, 7) is 7.36. The highest BCUT2D eigenvalue weighted by molar-refractivity contribution is 7.91. The molecule has 0 bridgehead atoms. The minimum absolute atomic E-state index is 0.0344. The van der Waals surface area contributed by atoms with Crippen LogP contribution >= 0.6 is 0 Å². The normalized spacial score (nSPS) is 15.0. The van der Waals surface area contributed by atoms with E-state index in [4.69, 9.17) is 31.4 Å². The van der Waals surface area contributed by atoms with Crippen LogP contribution in [0.4, 0.5) is 22.9 Å². The number of nitrogens with one attached hydrogen (secondary N) is 3. The Kier molecular flexibility index (Phi) is 12.0. The highest BCUT2D eigenvalue weighted by atomic mass is 32.2. The van der Waals surface area contributed by atoms with Crippen molar-refractivity contribution in [3.05, 3.63) is 71.6 Å². The lowest BCUT2D eigenvalue weighted by molar-refractivity contribution is -0.117. The summed E-state index contributed by atoms with van der Waals surface area (Å²) in [6.07, 6.45) is 4.06. The SMILES string of the molecule is CC.[B]C([B])(O)NC(=O)c1nnc(NC(=O)C2CC2)cc1Nc1cccc2c1N(C)C(C)c1nc(C(=O)N(C)C([B])([B])c3cc(S(=O)(=O)CC)ccn3)cnc1-2. The van der Waals surface area contributed by atoms with Crippen LogP contribution in [0.3, 0.4) is 0 Å². The van der Waals surface area contributed by atoms with Gasteiger partial charge in [0, 0.05) is 54.4 Å². The molecule has 8 radical (unpaired) electrons. The Bertz CT molecular complexity index is 2290. The number of anilines is 4. The Morgan fingerprint density at radius 3 is 2.38 bits per heavy atom. The third-order valence-corrected chi connectivity index (χ3v) is 10.9. The lowest BCUT2D eigenvalue weighted by Gasteiger charge is -2.38. The molecule has 21 heteroatoms. The van der Waals surface area contributed by atoms with Crippen molar-refractivity contribution in [3.63, 3.8) is 0 Å². The fourth-order valence-electron chi connectivity index (χ4n) is 5.78. The lowest BCUT2D eigenvalue weighted by Crippen LogP contribution is -2.49. The van der Waals surface area contributed by atoms with Crippen molar-refractivity contribution in [2.45, 2.75) is 62.3 Å². The lowest BCUT2D eigenvalue weighted by atomic mass is 9.58. The number of fused-ring (bicyclic) bond motifs is 3. The van der Waals surface area contributed by atoms with Gasteiger partial charge in [-0.1, -0.05) is 32.9 Å². The third-order valence-electron chi connectivity index (χ3n) is 9.17. The zero-order valence-electron chi connectivity index (χ0n) is 31.7. The second kappa shape index (κ2) is 16.1. The van der Waals surface area contributed by atoms with Crippen molar-refractivity contribution in [3.8, 4) is 11.3 Å². The smallest absolute Gasteiger partial charge is 0.274 e. The van der Waals surface area contributed by atoms with Gasteiger partial charge in [-0.3, -0.25) is 24.4 Å². The number of carbonyl (C=O) groups is 3. The van der Waals surface area contributed by atoms with Crippen LogP contribution in [0, 0.1) is 5.92 Å². The highest BCUT2D eigenvalue weighted by Gasteiger charge is 2.36. The first kappa shape index (κ1) is 41.9. The first-order valence-corrected chi connectivity index (χ1v) is 19.3. The van der Waals surface area contributed by atoms with Gasteiger partial charge in [0.05, 0.1) is 67.0 Å². The Morgan fingerprint density at radius 1 is 1.04 bits per heavy atom. The van der Waals surface area contributed by atoms with Crippen molar-refractivity contribution in [2.75, 3.05) is 35.4 Å². The molecule has 4 N–H and O–H groups in total. The molecular formula is C35H38B4N10O6S. The van der Waals surface area contributed by atoms with Crippen molar-refractivity contribution in [2.24, 2.45) is 5.92 Å². The summed E-state index contributed by atoms with van der Waals surface area (Å²) in [7, 11) is 23.1. The Labute approximate surface area is 330 Å². The number of sulfone groups is 1. The number of nitrogens with zero attached hydrogens (tertiary/aromatic N) is 7. The summed E-state index contributed by atoms with van der Waals surface area (Å²) in [5, 5.41) is 23.7. The van der Waals surface area contributed by atoms with Crippen LogP contribution in [0.15, 0.2) is 53.7 Å². The molecule has 282 valence electrons. The minimum Gasteiger partial charge on any atom is -0.390 e. The molecule has 4 heterocycles. The van der Waals surface area contributed by atoms with Gasteiger partial charge in [0.15, 0.2) is 21.3 Å². The Balaban J connectivity index is 0.00000295. The van der Waals surface area contributed by atoms with Gasteiger partial charge >= 0.3 is 0 Å². The van der Waals surface area contributed by atoms with E-state index in [-0.39, 0.29) is 51.1 Å². The molecule has 0 spiro atoms. The van der Waals surface area contributed by atoms with E-state index in [0.29, 0.717) is 28.3 Å². The van der Waals surface area contributed by atoms with Crippen LogP contribution < -0.4 is 20.9 Å². The van der Waals surface area contributed by atoms with E-state index < -0.39 is 38.6 Å². The van der Waals surface area contributed by atoms with Crippen molar-refractivity contribution in [1.82, 2.24) is 35.4 Å². The number of rotatable bonds is 11. The number of hydrogen-bond acceptors (Lipinski definition) is 13. The predicted molar refractivity (Wildman–Crippen MR) is 213 cm³/mol. The second-order valence-electron chi connectivity index (χ2n) is 13.1. The Morgan fingerprint density at radius 2 is 1.73 bits per heavy atom. The maximum Gasteiger partial charge on any atom is 0.274 e. The number of pyridine rings is 1. The van der Waals surface area contributed by atoms with E-state index in [1.165, 1.54) is 44.6 Å². The summed E-state index contributed by atoms with van der Waals surface area (Å²) in [6, 6.07) is 8.81. The number of hydrogen-bond donors (Lipinski definition) is 4. The molecule has 0 saturated heterocycles. The number of aromatic nitrogens is 5. The van der Waals surface area contributed by atoms with Gasteiger partial charge in [0.2, 0.25) is 5.91 Å². The molecule has 6 rings (SSSR count). The van der Waals surface area contributed by atoms with Gasteiger partial charge in [-0.2, -0.15) is 0 Å². The summed E-state index contributed by atoms with van der Waals surface area (Å²) in [4.78, 5) is 55.7. The first-order chi connectivity index (χ1) is 26.3. The highest BCUT2D eigenvalue weighted by Crippen LogP contribution is 2.47. The first-order valence-electron chi connectivity index (χ1n) is 17.7. The summed E-state index contributed by atoms with van der Waals surface area (Å²) in [5.41, 5.74) is -0.196. The van der Waals surface area contributed by atoms with Crippen molar-refractivity contribution < 1.29 is 27.9 Å². The number of benzene rings is 1. The molecule has 56 heavy (non-hydrogen) atoms. The van der Waals surface area contributed by atoms with Gasteiger partial charge < -0.3 is 30.9 Å². The number of amides is 3. The fourth-order valence-corrected chi connectivity index (χ4v) is 6.67. The molecule has 3 amide bonds. The molecule has 1 aliphatic heterocycles. The van der Waals surface area contributed by atoms with Gasteiger partial charge in [-0.15, -0.1) is 10.2 Å². The molecule has 2 aliphatic rings. The summed E-state index contributed by atoms with van der Waals surface area (Å²) < 4.78 is 25.0. The zero-order chi connectivity index (χ0) is 41.3. The molecular weight excluding hydrogens is 732 g/mol. The number of aliphatic hydroxyl groups is 1. The van der Waals surface area contributed by atoms with Crippen LogP contribution in [-0.4, -0.2) is 118 Å². The summed E-state index contributed by atoms with van der Waals surface area (Å²) >= 11 is 0. The monoisotopic (exact) mass is 770 g/mol. The molecule has 1 aliphatic carbocycles. The molecule has 4 aromatic rings. The second-order valence-corrected chi connectivity index (χ2v) is 15.4. The number of carbonyl (C=O) groups excluding carboxylic acids is 3. The van der Waals surface area contributed by atoms with Crippen LogP contribution in [0.25, 0.3) is 11.3 Å². The van der Waals surface area contributed by atoms with E-state index in [1.807, 2.05) is 31.0 Å². The van der Waals surface area contributed by atoms with E-state index >= 15 is 0 Å². The van der Waals surface area contributed by atoms with Crippen LogP contribution in [-0.2, 0) is 20.0 Å². The molecule has 1 fully saturated rings. The van der Waals surface area contributed by atoms with Gasteiger partial charge in [-0.25, -0.2) is 13.4 Å². The molecule has 3 aromatic heterocycles. The zero-order valence-corrected chi connectivity index (χ0v) is 32.5. The van der Waals surface area contributed by atoms with E-state index in [9.17, 15) is 27.9 Å². The van der Waals surface area contributed by atoms with Crippen LogP contribution in [0.5, 0.6) is 0 Å². The molecule has 1 saturated carbocycles. The van der Waals surface area contributed by atoms with E-state index in [1.54, 1.807) is 25.2 Å². The molecule has 1 aromatic carbocycles. The van der Waals surface area contributed by atoms with Gasteiger partial charge in [0.1, 0.15) is 21.4 Å². The molecule has 1 atom stereocenters. The topological polar surface area (TPSA) is 213 Å². The predicted octanol–water partition coefficient (Wildman–Crippen LogP) is 1.64. The number of para-hydroxylation sites is 1. The Hall–Kier alpha value is -5.29. The van der Waals surface area contributed by atoms with Crippen LogP contribution in [0.1, 0.15) is 78.9 Å². The van der Waals surface area contributed by atoms with Crippen LogP contribution in [0.2, 0.25) is 0 Å². The third kappa shape index (κ3) is 8.58. The molecule has 1 unspecified atom stereocenters. The largest absolute Gasteiger partial charge is 0.390 e. The van der Waals surface area contributed by atoms with Gasteiger partial charge in [0.25, 0.3) is 11.8 Å². The summed E-state index contributed by atoms with van der Waals surface area (Å²) in [5.74, 6) is -2.07. The van der Waals surface area contributed by atoms with Crippen molar-refractivity contribution >= 4 is 81.8 Å². The average molecular weight is 770 g/mol. The average Bonchev–Trinajstić information content (AvgIpc) is 4.03. The standard InChI is InChI=1S/C33H32B4N10O6S.C2H6/c1-5-54(52,53)18-11-12-38-23(13-18)32(34,35)47(4)31(50)22-15-39-26-19-7-6-8-20(28(19)46(3)16(2)25(26)41-22)40-21-14-24(42-29(48)17-9-10-17)44-45-27(21)30(49)43-33(36,37)51;1-2/h6-8,11-17,51H,5,9-10H2,1-4H3,(H,43,49)(H2,40,42,44,48);1-2H3. The maximum absolute atomic E-state index is 13.8. The van der Waals surface area contributed by atoms with Crippen molar-refractivity contribution in [1.29, 1.82) is 0 Å². The van der Waals surface area contributed by atoms with E-state index in [0.717, 1.165) is 17.7 Å². The quantitative estimate of drug-likeness (QED) is 0.126.